The molecule has 1 aliphatic rings. The van der Waals surface area contributed by atoms with Gasteiger partial charge in [-0.3, -0.25) is 0 Å². The zero-order chi connectivity index (χ0) is 11.2. The summed E-state index contributed by atoms with van der Waals surface area (Å²) in [5.41, 5.74) is 1.19. The summed E-state index contributed by atoms with van der Waals surface area (Å²) >= 11 is 0. The minimum absolute atomic E-state index is 0.349. The first-order valence-corrected chi connectivity index (χ1v) is 6.00. The second-order valence-electron chi connectivity index (χ2n) is 4.03. The molecule has 3 nitrogen and oxygen atoms in total. The predicted octanol–water partition coefficient (Wildman–Crippen LogP) is 2.70. The minimum Gasteiger partial charge on any atom is -0.454 e. The van der Waals surface area contributed by atoms with E-state index in [1.807, 2.05) is 12.1 Å². The number of ether oxygens (including phenoxy) is 2. The molecule has 0 amide bonds. The van der Waals surface area contributed by atoms with Gasteiger partial charge in [-0.2, -0.15) is 0 Å². The molecule has 0 unspecified atom stereocenters. The quantitative estimate of drug-likeness (QED) is 0.749. The van der Waals surface area contributed by atoms with E-state index in [4.69, 9.17) is 9.47 Å². The summed E-state index contributed by atoms with van der Waals surface area (Å²) in [6.45, 7) is 4.49. The van der Waals surface area contributed by atoms with Crippen LogP contribution in [-0.2, 0) is 6.54 Å². The Hall–Kier alpha value is -1.22. The van der Waals surface area contributed by atoms with Gasteiger partial charge in [0.1, 0.15) is 0 Å². The van der Waals surface area contributed by atoms with Gasteiger partial charge in [-0.25, -0.2) is 0 Å². The molecule has 0 atom stereocenters. The molecule has 0 aromatic heterocycles. The van der Waals surface area contributed by atoms with Crippen molar-refractivity contribution in [2.75, 3.05) is 13.3 Å². The van der Waals surface area contributed by atoms with E-state index < -0.39 is 0 Å². The second-order valence-corrected chi connectivity index (χ2v) is 4.03. The van der Waals surface area contributed by atoms with Gasteiger partial charge in [0.05, 0.1) is 0 Å². The van der Waals surface area contributed by atoms with Crippen molar-refractivity contribution in [1.29, 1.82) is 0 Å². The number of hydrogen-bond donors (Lipinski definition) is 1. The van der Waals surface area contributed by atoms with Crippen molar-refractivity contribution >= 4 is 0 Å². The van der Waals surface area contributed by atoms with Crippen LogP contribution in [-0.4, -0.2) is 13.3 Å². The van der Waals surface area contributed by atoms with E-state index in [0.717, 1.165) is 24.6 Å². The fourth-order valence-electron chi connectivity index (χ4n) is 1.85. The third-order valence-corrected chi connectivity index (χ3v) is 2.75. The average Bonchev–Trinajstić information content (AvgIpc) is 2.77. The lowest BCUT2D eigenvalue weighted by atomic mass is 10.2. The Kier molecular flexibility index (Phi) is 4.05. The smallest absolute Gasteiger partial charge is 0.231 e. The van der Waals surface area contributed by atoms with E-state index in [0.29, 0.717) is 6.79 Å². The van der Waals surface area contributed by atoms with E-state index >= 15 is 0 Å². The number of fused-ring (bicyclic) bond motifs is 1. The molecular formula is C13H19NO2. The maximum atomic E-state index is 5.45. The molecule has 1 N–H and O–H groups in total. The second kappa shape index (κ2) is 5.75. The first-order chi connectivity index (χ1) is 7.92. The zero-order valence-electron chi connectivity index (χ0n) is 9.79. The van der Waals surface area contributed by atoms with Crippen LogP contribution in [0.1, 0.15) is 31.7 Å². The topological polar surface area (TPSA) is 30.5 Å². The molecule has 16 heavy (non-hydrogen) atoms. The minimum atomic E-state index is 0.349. The predicted molar refractivity (Wildman–Crippen MR) is 63.8 cm³/mol. The fourth-order valence-corrected chi connectivity index (χ4v) is 1.85. The number of para-hydroxylation sites is 1. The molecule has 0 bridgehead atoms. The molecule has 1 heterocycles. The van der Waals surface area contributed by atoms with Gasteiger partial charge in [-0.05, 0) is 19.0 Å². The number of rotatable bonds is 6. The number of benzene rings is 1. The van der Waals surface area contributed by atoms with Gasteiger partial charge in [0.25, 0.3) is 0 Å². The van der Waals surface area contributed by atoms with Crippen LogP contribution in [0.3, 0.4) is 0 Å². The summed E-state index contributed by atoms with van der Waals surface area (Å²) in [5.74, 6) is 1.78. The van der Waals surface area contributed by atoms with Crippen LogP contribution in [0.5, 0.6) is 11.5 Å². The van der Waals surface area contributed by atoms with Gasteiger partial charge >= 0.3 is 0 Å². The molecule has 1 aromatic rings. The van der Waals surface area contributed by atoms with Gasteiger partial charge in [0, 0.05) is 12.1 Å². The standard InChI is InChI=1S/C13H19NO2/c1-2-3-4-8-14-9-11-6-5-7-12-13(11)16-10-15-12/h5-7,14H,2-4,8-10H2,1H3. The van der Waals surface area contributed by atoms with Crippen LogP contribution in [0.2, 0.25) is 0 Å². The molecule has 2 rings (SSSR count). The third-order valence-electron chi connectivity index (χ3n) is 2.75. The Morgan fingerprint density at radius 1 is 1.25 bits per heavy atom. The van der Waals surface area contributed by atoms with E-state index in [1.54, 1.807) is 0 Å². The molecule has 88 valence electrons. The summed E-state index contributed by atoms with van der Waals surface area (Å²) in [7, 11) is 0. The van der Waals surface area contributed by atoms with Crippen molar-refractivity contribution in [3.8, 4) is 11.5 Å². The van der Waals surface area contributed by atoms with Gasteiger partial charge in [0.15, 0.2) is 11.5 Å². The van der Waals surface area contributed by atoms with Gasteiger partial charge < -0.3 is 14.8 Å². The highest BCUT2D eigenvalue weighted by atomic mass is 16.7. The van der Waals surface area contributed by atoms with Crippen molar-refractivity contribution in [2.24, 2.45) is 0 Å². The molecule has 0 saturated carbocycles. The number of nitrogens with one attached hydrogen (secondary N) is 1. The van der Waals surface area contributed by atoms with Crippen LogP contribution in [0.4, 0.5) is 0 Å². The number of unbranched alkanes of at least 4 members (excludes halogenated alkanes) is 2. The van der Waals surface area contributed by atoms with Gasteiger partial charge in [0.2, 0.25) is 6.79 Å². The van der Waals surface area contributed by atoms with E-state index in [1.165, 1.54) is 24.8 Å². The van der Waals surface area contributed by atoms with E-state index in [-0.39, 0.29) is 0 Å². The van der Waals surface area contributed by atoms with Crippen LogP contribution in [0, 0.1) is 0 Å². The Balaban J connectivity index is 1.83. The summed E-state index contributed by atoms with van der Waals surface area (Å²) < 4.78 is 10.8. The zero-order valence-corrected chi connectivity index (χ0v) is 9.79. The maximum Gasteiger partial charge on any atom is 0.231 e. The fraction of sp³-hybridized carbons (Fsp3) is 0.538. The maximum absolute atomic E-state index is 5.45. The monoisotopic (exact) mass is 221 g/mol. The van der Waals surface area contributed by atoms with Crippen LogP contribution < -0.4 is 14.8 Å². The SMILES string of the molecule is CCCCCNCc1cccc2c1OCO2. The third kappa shape index (κ3) is 2.67. The Morgan fingerprint density at radius 3 is 3.06 bits per heavy atom. The summed E-state index contributed by atoms with van der Waals surface area (Å²) in [6.07, 6.45) is 3.79. The summed E-state index contributed by atoms with van der Waals surface area (Å²) in [4.78, 5) is 0. The Labute approximate surface area is 96.8 Å². The Morgan fingerprint density at radius 2 is 2.19 bits per heavy atom. The summed E-state index contributed by atoms with van der Waals surface area (Å²) in [6, 6.07) is 6.04. The van der Waals surface area contributed by atoms with Crippen molar-refractivity contribution in [2.45, 2.75) is 32.7 Å². The first kappa shape index (κ1) is 11.3. The number of hydrogen-bond acceptors (Lipinski definition) is 3. The first-order valence-electron chi connectivity index (χ1n) is 6.00. The highest BCUT2D eigenvalue weighted by Crippen LogP contribution is 2.35. The molecule has 0 saturated heterocycles. The Bertz CT molecular complexity index is 339. The lowest BCUT2D eigenvalue weighted by molar-refractivity contribution is 0.173. The molecule has 0 fully saturated rings. The molecule has 1 aromatic carbocycles. The van der Waals surface area contributed by atoms with Gasteiger partial charge in [-0.1, -0.05) is 31.9 Å². The van der Waals surface area contributed by atoms with E-state index in [2.05, 4.69) is 18.3 Å². The lowest BCUT2D eigenvalue weighted by Crippen LogP contribution is -2.14. The molecular weight excluding hydrogens is 202 g/mol. The highest BCUT2D eigenvalue weighted by Gasteiger charge is 2.16. The largest absolute Gasteiger partial charge is 0.454 e. The van der Waals surface area contributed by atoms with Crippen LogP contribution in [0.15, 0.2) is 18.2 Å². The molecule has 3 heteroatoms. The van der Waals surface area contributed by atoms with Crippen molar-refractivity contribution in [1.82, 2.24) is 5.32 Å². The summed E-state index contributed by atoms with van der Waals surface area (Å²) in [5, 5.41) is 3.43. The van der Waals surface area contributed by atoms with E-state index in [9.17, 15) is 0 Å². The lowest BCUT2D eigenvalue weighted by Gasteiger charge is -2.07. The van der Waals surface area contributed by atoms with Crippen LogP contribution in [0.25, 0.3) is 0 Å². The molecule has 1 aliphatic heterocycles. The average molecular weight is 221 g/mol. The van der Waals surface area contributed by atoms with Crippen molar-refractivity contribution < 1.29 is 9.47 Å². The highest BCUT2D eigenvalue weighted by molar-refractivity contribution is 5.47. The molecule has 0 spiro atoms. The molecule has 0 radical (unpaired) electrons. The van der Waals surface area contributed by atoms with Crippen molar-refractivity contribution in [3.05, 3.63) is 23.8 Å². The normalized spacial score (nSPS) is 13.1. The van der Waals surface area contributed by atoms with Crippen molar-refractivity contribution in [3.63, 3.8) is 0 Å². The van der Waals surface area contributed by atoms with Gasteiger partial charge in [-0.15, -0.1) is 0 Å². The molecule has 0 aliphatic carbocycles. The van der Waals surface area contributed by atoms with Crippen LogP contribution >= 0.6 is 0 Å².